The predicted molar refractivity (Wildman–Crippen MR) is 51.2 cm³/mol. The van der Waals surface area contributed by atoms with Gasteiger partial charge in [0.05, 0.1) is 11.5 Å². The van der Waals surface area contributed by atoms with Crippen LogP contribution in [0, 0.1) is 5.82 Å². The van der Waals surface area contributed by atoms with Crippen molar-refractivity contribution in [2.24, 2.45) is 0 Å². The van der Waals surface area contributed by atoms with Gasteiger partial charge in [-0.05, 0) is 29.2 Å². The van der Waals surface area contributed by atoms with Gasteiger partial charge in [0.2, 0.25) is 0 Å². The summed E-state index contributed by atoms with van der Waals surface area (Å²) < 4.78 is 16.4. The molecule has 1 aromatic carbocycles. The van der Waals surface area contributed by atoms with Crippen molar-refractivity contribution in [2.75, 3.05) is 0 Å². The number of benzene rings is 1. The molecule has 1 N–H and O–H groups in total. The molecule has 0 aliphatic heterocycles. The first kappa shape index (κ1) is 9.23. The Kier molecular flexibility index (Phi) is 2.51. The van der Waals surface area contributed by atoms with Gasteiger partial charge in [-0.3, -0.25) is 0 Å². The molecule has 0 bridgehead atoms. The van der Waals surface area contributed by atoms with Gasteiger partial charge in [-0.15, -0.1) is 5.10 Å². The molecule has 72 valence electrons. The molecule has 0 amide bonds. The lowest BCUT2D eigenvalue weighted by molar-refractivity contribution is 0.277. The average Bonchev–Trinajstić information content (AvgIpc) is 2.67. The molecule has 0 atom stereocenters. The van der Waals surface area contributed by atoms with Crippen molar-refractivity contribution >= 4 is 11.5 Å². The van der Waals surface area contributed by atoms with E-state index in [2.05, 4.69) is 9.59 Å². The fourth-order valence-electron chi connectivity index (χ4n) is 1.13. The fourth-order valence-corrected chi connectivity index (χ4v) is 1.81. The number of nitrogens with zero attached hydrogens (tertiary/aromatic N) is 2. The van der Waals surface area contributed by atoms with Crippen LogP contribution in [0.5, 0.6) is 0 Å². The molecule has 0 saturated heterocycles. The Morgan fingerprint density at radius 3 is 2.64 bits per heavy atom. The molecule has 14 heavy (non-hydrogen) atoms. The number of halogens is 1. The second kappa shape index (κ2) is 3.81. The lowest BCUT2D eigenvalue weighted by Gasteiger charge is -1.97. The maximum atomic E-state index is 12.6. The number of hydrogen-bond donors (Lipinski definition) is 1. The second-order valence-corrected chi connectivity index (χ2v) is 3.47. The highest BCUT2D eigenvalue weighted by molar-refractivity contribution is 7.09. The van der Waals surface area contributed by atoms with Gasteiger partial charge in [0.25, 0.3) is 0 Å². The molecule has 2 rings (SSSR count). The van der Waals surface area contributed by atoms with Crippen molar-refractivity contribution in [1.82, 2.24) is 9.59 Å². The van der Waals surface area contributed by atoms with E-state index in [1.165, 1.54) is 23.7 Å². The van der Waals surface area contributed by atoms with Crippen LogP contribution < -0.4 is 0 Å². The molecule has 1 heterocycles. The molecule has 0 unspecified atom stereocenters. The van der Waals surface area contributed by atoms with Gasteiger partial charge in [-0.2, -0.15) is 0 Å². The van der Waals surface area contributed by atoms with Crippen LogP contribution in [0.4, 0.5) is 4.39 Å². The van der Waals surface area contributed by atoms with Gasteiger partial charge < -0.3 is 5.11 Å². The number of hydrogen-bond acceptors (Lipinski definition) is 4. The largest absolute Gasteiger partial charge is 0.390 e. The summed E-state index contributed by atoms with van der Waals surface area (Å²) in [5, 5.41) is 12.7. The van der Waals surface area contributed by atoms with Crippen LogP contribution in [-0.2, 0) is 6.61 Å². The van der Waals surface area contributed by atoms with E-state index in [0.717, 1.165) is 10.4 Å². The van der Waals surface area contributed by atoms with Gasteiger partial charge in [0.15, 0.2) is 0 Å². The highest BCUT2D eigenvalue weighted by Gasteiger charge is 2.08. The second-order valence-electron chi connectivity index (χ2n) is 2.71. The van der Waals surface area contributed by atoms with Crippen LogP contribution in [0.25, 0.3) is 10.4 Å². The topological polar surface area (TPSA) is 46.0 Å². The Morgan fingerprint density at radius 1 is 1.29 bits per heavy atom. The van der Waals surface area contributed by atoms with Crippen LogP contribution >= 0.6 is 11.5 Å². The highest BCUT2D eigenvalue weighted by Crippen LogP contribution is 2.25. The van der Waals surface area contributed by atoms with Gasteiger partial charge in [-0.1, -0.05) is 16.6 Å². The molecule has 5 heteroatoms. The first-order valence-electron chi connectivity index (χ1n) is 3.99. The van der Waals surface area contributed by atoms with Gasteiger partial charge >= 0.3 is 0 Å². The Hall–Kier alpha value is -1.33. The Morgan fingerprint density at radius 2 is 2.00 bits per heavy atom. The van der Waals surface area contributed by atoms with E-state index >= 15 is 0 Å². The summed E-state index contributed by atoms with van der Waals surface area (Å²) in [6.45, 7) is -0.150. The van der Waals surface area contributed by atoms with Crippen LogP contribution in [0.2, 0.25) is 0 Å². The Labute approximate surface area is 84.0 Å². The van der Waals surface area contributed by atoms with Crippen molar-refractivity contribution in [3.8, 4) is 10.4 Å². The number of aliphatic hydroxyl groups excluding tert-OH is 1. The molecule has 3 nitrogen and oxygen atoms in total. The van der Waals surface area contributed by atoms with Crippen molar-refractivity contribution in [2.45, 2.75) is 6.61 Å². The average molecular weight is 210 g/mol. The summed E-state index contributed by atoms with van der Waals surface area (Å²) in [7, 11) is 0. The monoisotopic (exact) mass is 210 g/mol. The molecular formula is C9H7FN2OS. The fraction of sp³-hybridized carbons (Fsp3) is 0.111. The van der Waals surface area contributed by atoms with E-state index in [9.17, 15) is 4.39 Å². The Bertz CT molecular complexity index is 427. The smallest absolute Gasteiger partial charge is 0.123 e. The van der Waals surface area contributed by atoms with E-state index in [1.807, 2.05) is 0 Å². The van der Waals surface area contributed by atoms with Gasteiger partial charge in [-0.25, -0.2) is 4.39 Å². The zero-order valence-corrected chi connectivity index (χ0v) is 7.96. The zero-order valence-electron chi connectivity index (χ0n) is 7.14. The quantitative estimate of drug-likeness (QED) is 0.822. The van der Waals surface area contributed by atoms with Crippen molar-refractivity contribution < 1.29 is 9.50 Å². The Balaban J connectivity index is 2.44. The summed E-state index contributed by atoms with van der Waals surface area (Å²) in [6.07, 6.45) is 0. The first-order chi connectivity index (χ1) is 6.81. The van der Waals surface area contributed by atoms with E-state index in [0.29, 0.717) is 5.69 Å². The van der Waals surface area contributed by atoms with E-state index in [-0.39, 0.29) is 12.4 Å². The van der Waals surface area contributed by atoms with E-state index in [4.69, 9.17) is 5.11 Å². The summed E-state index contributed by atoms with van der Waals surface area (Å²) in [5.41, 5.74) is 1.35. The summed E-state index contributed by atoms with van der Waals surface area (Å²) in [6, 6.07) is 6.03. The summed E-state index contributed by atoms with van der Waals surface area (Å²) >= 11 is 1.19. The third kappa shape index (κ3) is 1.64. The minimum Gasteiger partial charge on any atom is -0.390 e. The molecular weight excluding hydrogens is 203 g/mol. The maximum absolute atomic E-state index is 12.6. The number of aromatic nitrogens is 2. The van der Waals surface area contributed by atoms with Crippen molar-refractivity contribution in [3.63, 3.8) is 0 Å². The molecule has 0 fully saturated rings. The van der Waals surface area contributed by atoms with Crippen LogP contribution in [0.15, 0.2) is 24.3 Å². The molecule has 0 aliphatic rings. The molecule has 0 radical (unpaired) electrons. The first-order valence-corrected chi connectivity index (χ1v) is 4.76. The standard InChI is InChI=1S/C9H7FN2OS/c10-7-3-1-6(2-4-7)9-8(5-13)11-12-14-9/h1-4,13H,5H2. The molecule has 0 spiro atoms. The molecule has 0 saturated carbocycles. The molecule has 1 aromatic heterocycles. The highest BCUT2D eigenvalue weighted by atomic mass is 32.1. The van der Waals surface area contributed by atoms with Gasteiger partial charge in [0, 0.05) is 0 Å². The lowest BCUT2D eigenvalue weighted by Crippen LogP contribution is -1.86. The maximum Gasteiger partial charge on any atom is 0.123 e. The predicted octanol–water partition coefficient (Wildman–Crippen LogP) is 1.84. The third-order valence-corrected chi connectivity index (χ3v) is 2.63. The minimum absolute atomic E-state index is 0.150. The normalized spacial score (nSPS) is 10.4. The molecule has 2 aromatic rings. The summed E-state index contributed by atoms with van der Waals surface area (Å²) in [5.74, 6) is -0.281. The SMILES string of the molecule is OCc1nnsc1-c1ccc(F)cc1. The molecule has 0 aliphatic carbocycles. The van der Waals surface area contributed by atoms with Gasteiger partial charge in [0.1, 0.15) is 11.5 Å². The third-order valence-electron chi connectivity index (χ3n) is 1.81. The van der Waals surface area contributed by atoms with E-state index in [1.54, 1.807) is 12.1 Å². The van der Waals surface area contributed by atoms with E-state index < -0.39 is 0 Å². The van der Waals surface area contributed by atoms with Crippen LogP contribution in [-0.4, -0.2) is 14.7 Å². The van der Waals surface area contributed by atoms with Crippen LogP contribution in [0.1, 0.15) is 5.69 Å². The summed E-state index contributed by atoms with van der Waals surface area (Å²) in [4.78, 5) is 0.785. The lowest BCUT2D eigenvalue weighted by atomic mass is 10.1. The minimum atomic E-state index is -0.281. The van der Waals surface area contributed by atoms with Crippen molar-refractivity contribution in [1.29, 1.82) is 0 Å². The van der Waals surface area contributed by atoms with Crippen LogP contribution in [0.3, 0.4) is 0 Å². The zero-order chi connectivity index (χ0) is 9.97. The number of aliphatic hydroxyl groups is 1. The van der Waals surface area contributed by atoms with Crippen molar-refractivity contribution in [3.05, 3.63) is 35.8 Å². The number of rotatable bonds is 2.